The van der Waals surface area contributed by atoms with E-state index in [9.17, 15) is 5.11 Å². The van der Waals surface area contributed by atoms with Gasteiger partial charge in [0.2, 0.25) is 0 Å². The molecule has 2 saturated heterocycles. The summed E-state index contributed by atoms with van der Waals surface area (Å²) in [5, 5.41) is 9.86. The van der Waals surface area contributed by atoms with E-state index < -0.39 is 0 Å². The van der Waals surface area contributed by atoms with Crippen LogP contribution in [0.15, 0.2) is 0 Å². The Balaban J connectivity index is 1.74. The maximum Gasteiger partial charge on any atom is 0.0667 e. The molecule has 0 aromatic rings. The van der Waals surface area contributed by atoms with Crippen LogP contribution in [0.3, 0.4) is 0 Å². The Morgan fingerprint density at radius 3 is 2.44 bits per heavy atom. The van der Waals surface area contributed by atoms with Gasteiger partial charge < -0.3 is 10.0 Å². The lowest BCUT2D eigenvalue weighted by Crippen LogP contribution is -2.49. The summed E-state index contributed by atoms with van der Waals surface area (Å²) in [7, 11) is 0. The lowest BCUT2D eigenvalue weighted by Gasteiger charge is -2.39. The van der Waals surface area contributed by atoms with Gasteiger partial charge in [-0.05, 0) is 58.2 Å². The Hall–Kier alpha value is -0.120. The molecule has 2 unspecified atom stereocenters. The summed E-state index contributed by atoms with van der Waals surface area (Å²) in [5.74, 6) is 0.918. The van der Waals surface area contributed by atoms with E-state index in [4.69, 9.17) is 0 Å². The van der Waals surface area contributed by atoms with E-state index in [2.05, 4.69) is 16.7 Å². The Labute approximate surface area is 112 Å². The number of likely N-dealkylation sites (tertiary alicyclic amines) is 2. The maximum absolute atomic E-state index is 9.86. The monoisotopic (exact) mass is 254 g/mol. The maximum atomic E-state index is 9.86. The number of rotatable bonds is 4. The average molecular weight is 254 g/mol. The molecule has 3 nitrogen and oxygen atoms in total. The molecule has 2 fully saturated rings. The van der Waals surface area contributed by atoms with Crippen molar-refractivity contribution in [3.05, 3.63) is 0 Å². The predicted octanol–water partition coefficient (Wildman–Crippen LogP) is 1.95. The van der Waals surface area contributed by atoms with Crippen LogP contribution in [0.5, 0.6) is 0 Å². The Morgan fingerprint density at radius 2 is 1.78 bits per heavy atom. The smallest absolute Gasteiger partial charge is 0.0667 e. The first kappa shape index (κ1) is 14.3. The fraction of sp³-hybridized carbons (Fsp3) is 1.00. The third-order valence-electron chi connectivity index (χ3n) is 4.80. The average Bonchev–Trinajstić information content (AvgIpc) is 2.38. The fourth-order valence-electron chi connectivity index (χ4n) is 3.40. The Morgan fingerprint density at radius 1 is 1.06 bits per heavy atom. The molecule has 2 atom stereocenters. The highest BCUT2D eigenvalue weighted by Crippen LogP contribution is 2.20. The van der Waals surface area contributed by atoms with Crippen molar-refractivity contribution in [1.29, 1.82) is 0 Å². The summed E-state index contributed by atoms with van der Waals surface area (Å²) in [6.45, 7) is 10.4. The van der Waals surface area contributed by atoms with Crippen molar-refractivity contribution >= 4 is 0 Å². The van der Waals surface area contributed by atoms with E-state index >= 15 is 0 Å². The van der Waals surface area contributed by atoms with E-state index in [1.807, 2.05) is 6.92 Å². The van der Waals surface area contributed by atoms with Gasteiger partial charge >= 0.3 is 0 Å². The summed E-state index contributed by atoms with van der Waals surface area (Å²) in [4.78, 5) is 5.12. The molecule has 0 aliphatic carbocycles. The highest BCUT2D eigenvalue weighted by molar-refractivity contribution is 4.82. The standard InChI is InChI=1S/C15H30N2O/c1-13-6-9-16(10-7-13)11-12-17-8-4-3-5-15(17)14(2)18/h13-15,18H,3-12H2,1-2H3. The summed E-state index contributed by atoms with van der Waals surface area (Å²) in [6, 6.07) is 0.405. The van der Waals surface area contributed by atoms with Crippen LogP contribution in [-0.4, -0.2) is 59.8 Å². The molecule has 2 aliphatic heterocycles. The topological polar surface area (TPSA) is 26.7 Å². The Bertz CT molecular complexity index is 237. The first-order valence-electron chi connectivity index (χ1n) is 7.81. The SMILES string of the molecule is CC1CCN(CCN2CCCCC2C(C)O)CC1. The second-order valence-corrected chi connectivity index (χ2v) is 6.36. The zero-order valence-electron chi connectivity index (χ0n) is 12.1. The van der Waals surface area contributed by atoms with Crippen molar-refractivity contribution in [2.75, 3.05) is 32.7 Å². The van der Waals surface area contributed by atoms with Crippen LogP contribution < -0.4 is 0 Å². The van der Waals surface area contributed by atoms with Crippen LogP contribution in [-0.2, 0) is 0 Å². The molecular formula is C15H30N2O. The second kappa shape index (κ2) is 6.88. The van der Waals surface area contributed by atoms with Crippen molar-refractivity contribution in [2.24, 2.45) is 5.92 Å². The fourth-order valence-corrected chi connectivity index (χ4v) is 3.40. The van der Waals surface area contributed by atoms with E-state index in [1.54, 1.807) is 0 Å². The second-order valence-electron chi connectivity index (χ2n) is 6.36. The van der Waals surface area contributed by atoms with Crippen molar-refractivity contribution in [3.8, 4) is 0 Å². The van der Waals surface area contributed by atoms with Crippen molar-refractivity contribution in [3.63, 3.8) is 0 Å². The van der Waals surface area contributed by atoms with Crippen LogP contribution in [0.25, 0.3) is 0 Å². The van der Waals surface area contributed by atoms with Crippen LogP contribution in [0, 0.1) is 5.92 Å². The van der Waals surface area contributed by atoms with Crippen molar-refractivity contribution in [1.82, 2.24) is 9.80 Å². The van der Waals surface area contributed by atoms with Crippen molar-refractivity contribution < 1.29 is 5.11 Å². The number of hydrogen-bond donors (Lipinski definition) is 1. The van der Waals surface area contributed by atoms with Crippen LogP contribution in [0.1, 0.15) is 46.0 Å². The molecule has 0 aromatic heterocycles. The molecule has 0 bridgehead atoms. The van der Waals surface area contributed by atoms with E-state index in [-0.39, 0.29) is 6.10 Å². The van der Waals surface area contributed by atoms with E-state index in [0.717, 1.165) is 12.5 Å². The molecule has 0 radical (unpaired) electrons. The summed E-state index contributed by atoms with van der Waals surface area (Å²) < 4.78 is 0. The molecule has 2 aliphatic rings. The number of piperidine rings is 2. The molecular weight excluding hydrogens is 224 g/mol. The molecule has 18 heavy (non-hydrogen) atoms. The number of aliphatic hydroxyl groups excluding tert-OH is 1. The predicted molar refractivity (Wildman–Crippen MR) is 75.7 cm³/mol. The van der Waals surface area contributed by atoms with Gasteiger partial charge in [0, 0.05) is 19.1 Å². The summed E-state index contributed by atoms with van der Waals surface area (Å²) >= 11 is 0. The molecule has 0 aromatic carbocycles. The lowest BCUT2D eigenvalue weighted by molar-refractivity contribution is 0.0285. The number of aliphatic hydroxyl groups is 1. The quantitative estimate of drug-likeness (QED) is 0.831. The molecule has 1 N–H and O–H groups in total. The Kier molecular flexibility index (Phi) is 5.46. The zero-order chi connectivity index (χ0) is 13.0. The molecule has 2 rings (SSSR count). The zero-order valence-corrected chi connectivity index (χ0v) is 12.1. The minimum Gasteiger partial charge on any atom is -0.392 e. The normalized spacial score (nSPS) is 30.5. The lowest BCUT2D eigenvalue weighted by atomic mass is 9.97. The molecule has 3 heteroatoms. The highest BCUT2D eigenvalue weighted by Gasteiger charge is 2.26. The first-order valence-corrected chi connectivity index (χ1v) is 7.81. The molecule has 0 spiro atoms. The number of nitrogens with zero attached hydrogens (tertiary/aromatic N) is 2. The van der Waals surface area contributed by atoms with Gasteiger partial charge in [-0.25, -0.2) is 0 Å². The van der Waals surface area contributed by atoms with Gasteiger partial charge in [0.1, 0.15) is 0 Å². The number of hydrogen-bond acceptors (Lipinski definition) is 3. The minimum atomic E-state index is -0.174. The summed E-state index contributed by atoms with van der Waals surface area (Å²) in [5.41, 5.74) is 0. The molecule has 106 valence electrons. The largest absolute Gasteiger partial charge is 0.392 e. The van der Waals surface area contributed by atoms with Gasteiger partial charge in [0.25, 0.3) is 0 Å². The first-order chi connectivity index (χ1) is 8.66. The molecule has 0 saturated carbocycles. The third-order valence-corrected chi connectivity index (χ3v) is 4.80. The van der Waals surface area contributed by atoms with Gasteiger partial charge in [-0.1, -0.05) is 13.3 Å². The van der Waals surface area contributed by atoms with E-state index in [0.29, 0.717) is 6.04 Å². The summed E-state index contributed by atoms with van der Waals surface area (Å²) in [6.07, 6.45) is 6.31. The minimum absolute atomic E-state index is 0.174. The van der Waals surface area contributed by atoms with Gasteiger partial charge in [-0.15, -0.1) is 0 Å². The van der Waals surface area contributed by atoms with Gasteiger partial charge in [0.05, 0.1) is 6.10 Å². The highest BCUT2D eigenvalue weighted by atomic mass is 16.3. The van der Waals surface area contributed by atoms with Crippen LogP contribution >= 0.6 is 0 Å². The molecule has 2 heterocycles. The molecule has 0 amide bonds. The third kappa shape index (κ3) is 3.94. The van der Waals surface area contributed by atoms with Gasteiger partial charge in [-0.3, -0.25) is 4.90 Å². The van der Waals surface area contributed by atoms with Crippen LogP contribution in [0.2, 0.25) is 0 Å². The van der Waals surface area contributed by atoms with Gasteiger partial charge in [-0.2, -0.15) is 0 Å². The van der Waals surface area contributed by atoms with Crippen LogP contribution in [0.4, 0.5) is 0 Å². The van der Waals surface area contributed by atoms with E-state index in [1.165, 1.54) is 58.3 Å². The van der Waals surface area contributed by atoms with Gasteiger partial charge in [0.15, 0.2) is 0 Å². The van der Waals surface area contributed by atoms with Crippen molar-refractivity contribution in [2.45, 2.75) is 58.1 Å².